The Labute approximate surface area is 186 Å². The van der Waals surface area contributed by atoms with Gasteiger partial charge in [0.05, 0.1) is 9.81 Å². The highest BCUT2D eigenvalue weighted by molar-refractivity contribution is 8.25. The summed E-state index contributed by atoms with van der Waals surface area (Å²) in [5, 5.41) is 0. The van der Waals surface area contributed by atoms with E-state index in [1.165, 1.54) is 12.2 Å². The number of allylic oxidation sites excluding steroid dienone is 7. The largest absolute Gasteiger partial charge is 0.289 e. The van der Waals surface area contributed by atoms with Crippen molar-refractivity contribution in [2.24, 2.45) is 0 Å². The number of hydrogen-bond donors (Lipinski definition) is 0. The van der Waals surface area contributed by atoms with Gasteiger partial charge in [0.2, 0.25) is 0 Å². The van der Waals surface area contributed by atoms with Gasteiger partial charge in [-0.1, -0.05) is 97.1 Å². The second-order valence-corrected chi connectivity index (χ2v) is 8.81. The highest BCUT2D eigenvalue weighted by Gasteiger charge is 2.22. The lowest BCUT2D eigenvalue weighted by Crippen LogP contribution is -2.10. The van der Waals surface area contributed by atoms with Crippen LogP contribution in [0.4, 0.5) is 0 Å². The van der Waals surface area contributed by atoms with Crippen molar-refractivity contribution in [3.8, 4) is 0 Å². The number of carbonyl (C=O) groups excluding carboxylic acids is 2. The molecule has 2 aromatic carbocycles. The van der Waals surface area contributed by atoms with Gasteiger partial charge in [-0.25, -0.2) is 0 Å². The molecule has 1 fully saturated rings. The predicted octanol–water partition coefficient (Wildman–Crippen LogP) is 6.36. The fourth-order valence-electron chi connectivity index (χ4n) is 2.69. The van der Waals surface area contributed by atoms with E-state index in [2.05, 4.69) is 0 Å². The van der Waals surface area contributed by atoms with Crippen molar-refractivity contribution in [2.75, 3.05) is 11.5 Å². The molecule has 0 aliphatic carbocycles. The first-order valence-electron chi connectivity index (χ1n) is 9.62. The molecular formula is C26H22O2S2. The molecule has 0 N–H and O–H groups in total. The minimum atomic E-state index is -0.258. The molecule has 2 nitrogen and oxygen atoms in total. The summed E-state index contributed by atoms with van der Waals surface area (Å²) in [6.45, 7) is 0. The zero-order valence-corrected chi connectivity index (χ0v) is 18.1. The maximum Gasteiger partial charge on any atom is 0.191 e. The van der Waals surface area contributed by atoms with Gasteiger partial charge in [0.15, 0.2) is 11.6 Å². The van der Waals surface area contributed by atoms with E-state index in [1.807, 2.05) is 85.0 Å². The molecule has 0 aromatic heterocycles. The predicted molar refractivity (Wildman–Crippen MR) is 131 cm³/mol. The Bertz CT molecular complexity index is 932. The summed E-state index contributed by atoms with van der Waals surface area (Å²) in [4.78, 5) is 25.5. The van der Waals surface area contributed by atoms with Gasteiger partial charge < -0.3 is 0 Å². The third-order valence-electron chi connectivity index (χ3n) is 4.14. The van der Waals surface area contributed by atoms with Crippen molar-refractivity contribution in [1.29, 1.82) is 0 Å². The monoisotopic (exact) mass is 430 g/mol. The summed E-state index contributed by atoms with van der Waals surface area (Å²) in [5.41, 5.74) is 2.37. The Hall–Kier alpha value is -2.82. The number of rotatable bonds is 8. The lowest BCUT2D eigenvalue weighted by molar-refractivity contribution is -0.116. The number of hydrogen-bond acceptors (Lipinski definition) is 4. The first-order chi connectivity index (χ1) is 14.7. The lowest BCUT2D eigenvalue weighted by atomic mass is 10.1. The Morgan fingerprint density at radius 1 is 0.633 bits per heavy atom. The Kier molecular flexibility index (Phi) is 8.76. The SMILES string of the molecule is O=C(/C=C/C=C/c1ccccc1)C(C(=O)/C=C/C=C/c1ccccc1)=C1SCCS1. The molecular weight excluding hydrogens is 408 g/mol. The van der Waals surface area contributed by atoms with E-state index in [0.29, 0.717) is 0 Å². The van der Waals surface area contributed by atoms with Crippen LogP contribution in [0.3, 0.4) is 0 Å². The molecule has 1 aliphatic heterocycles. The number of thioether (sulfide) groups is 2. The van der Waals surface area contributed by atoms with Crippen LogP contribution < -0.4 is 0 Å². The average Bonchev–Trinajstić information content (AvgIpc) is 3.30. The number of carbonyl (C=O) groups is 2. The van der Waals surface area contributed by atoms with Gasteiger partial charge in [-0.15, -0.1) is 23.5 Å². The number of ketones is 2. The van der Waals surface area contributed by atoms with Gasteiger partial charge in [-0.3, -0.25) is 9.59 Å². The quantitative estimate of drug-likeness (QED) is 0.211. The van der Waals surface area contributed by atoms with E-state index < -0.39 is 0 Å². The van der Waals surface area contributed by atoms with Crippen molar-refractivity contribution in [2.45, 2.75) is 0 Å². The van der Waals surface area contributed by atoms with Crippen LogP contribution in [0.25, 0.3) is 12.2 Å². The molecule has 3 rings (SSSR count). The second kappa shape index (κ2) is 12.0. The van der Waals surface area contributed by atoms with Gasteiger partial charge in [0.1, 0.15) is 0 Å². The van der Waals surface area contributed by atoms with Gasteiger partial charge in [-0.2, -0.15) is 0 Å². The standard InChI is InChI=1S/C26H22O2S2/c27-23(17-9-7-15-21-11-3-1-4-12-21)25(26-29-19-20-30-26)24(28)18-10-8-16-22-13-5-2-6-14-22/h1-18H,19-20H2/b15-7+,16-8+,17-9+,18-10+. The van der Waals surface area contributed by atoms with E-state index in [1.54, 1.807) is 35.7 Å². The Morgan fingerprint density at radius 2 is 1.07 bits per heavy atom. The molecule has 1 aliphatic rings. The first-order valence-corrected chi connectivity index (χ1v) is 11.6. The summed E-state index contributed by atoms with van der Waals surface area (Å²) < 4.78 is 0.818. The van der Waals surface area contributed by atoms with Crippen LogP contribution in [-0.2, 0) is 9.59 Å². The third kappa shape index (κ3) is 6.90. The summed E-state index contributed by atoms with van der Waals surface area (Å²) in [7, 11) is 0. The Morgan fingerprint density at radius 3 is 1.50 bits per heavy atom. The lowest BCUT2D eigenvalue weighted by Gasteiger charge is -2.03. The van der Waals surface area contributed by atoms with Crippen LogP contribution >= 0.6 is 23.5 Å². The maximum atomic E-state index is 12.8. The van der Waals surface area contributed by atoms with Crippen LogP contribution in [0, 0.1) is 0 Å². The molecule has 0 bridgehead atoms. The van der Waals surface area contributed by atoms with Gasteiger partial charge in [0.25, 0.3) is 0 Å². The van der Waals surface area contributed by atoms with E-state index in [4.69, 9.17) is 0 Å². The highest BCUT2D eigenvalue weighted by Crippen LogP contribution is 2.39. The number of benzene rings is 2. The van der Waals surface area contributed by atoms with Gasteiger partial charge in [0, 0.05) is 11.5 Å². The molecule has 0 radical (unpaired) electrons. The topological polar surface area (TPSA) is 34.1 Å². The molecule has 2 aromatic rings. The fraction of sp³-hybridized carbons (Fsp3) is 0.0769. The molecule has 30 heavy (non-hydrogen) atoms. The summed E-state index contributed by atoms with van der Waals surface area (Å²) >= 11 is 3.15. The van der Waals surface area contributed by atoms with E-state index in [9.17, 15) is 9.59 Å². The van der Waals surface area contributed by atoms with E-state index >= 15 is 0 Å². The minimum absolute atomic E-state index is 0.258. The molecule has 1 heterocycles. The molecule has 0 saturated carbocycles. The summed E-state index contributed by atoms with van der Waals surface area (Å²) in [5.74, 6) is 1.32. The smallest absolute Gasteiger partial charge is 0.191 e. The summed E-state index contributed by atoms with van der Waals surface area (Å²) in [6, 6.07) is 19.7. The zero-order valence-electron chi connectivity index (χ0n) is 16.4. The first kappa shape index (κ1) is 21.9. The van der Waals surface area contributed by atoms with E-state index in [-0.39, 0.29) is 17.1 Å². The minimum Gasteiger partial charge on any atom is -0.289 e. The van der Waals surface area contributed by atoms with Crippen molar-refractivity contribution < 1.29 is 9.59 Å². The third-order valence-corrected chi connectivity index (χ3v) is 6.86. The second-order valence-electron chi connectivity index (χ2n) is 6.35. The zero-order chi connectivity index (χ0) is 21.0. The van der Waals surface area contributed by atoms with Crippen LogP contribution in [0.5, 0.6) is 0 Å². The van der Waals surface area contributed by atoms with Crippen molar-refractivity contribution in [3.05, 3.63) is 118 Å². The summed E-state index contributed by atoms with van der Waals surface area (Å²) in [6.07, 6.45) is 13.8. The van der Waals surface area contributed by atoms with Crippen molar-refractivity contribution >= 4 is 47.2 Å². The molecule has 1 saturated heterocycles. The van der Waals surface area contributed by atoms with Crippen LogP contribution in [-0.4, -0.2) is 23.1 Å². The highest BCUT2D eigenvalue weighted by atomic mass is 32.2. The fourth-order valence-corrected chi connectivity index (χ4v) is 5.25. The molecule has 0 unspecified atom stereocenters. The van der Waals surface area contributed by atoms with Gasteiger partial charge >= 0.3 is 0 Å². The molecule has 0 spiro atoms. The average molecular weight is 431 g/mol. The van der Waals surface area contributed by atoms with Crippen LogP contribution in [0.1, 0.15) is 11.1 Å². The Balaban J connectivity index is 1.69. The van der Waals surface area contributed by atoms with Crippen LogP contribution in [0.15, 0.2) is 107 Å². The molecule has 0 amide bonds. The molecule has 150 valence electrons. The molecule has 4 heteroatoms. The van der Waals surface area contributed by atoms with Crippen LogP contribution in [0.2, 0.25) is 0 Å². The normalized spacial score (nSPS) is 14.5. The maximum absolute atomic E-state index is 12.8. The van der Waals surface area contributed by atoms with Crippen molar-refractivity contribution in [1.82, 2.24) is 0 Å². The van der Waals surface area contributed by atoms with Crippen molar-refractivity contribution in [3.63, 3.8) is 0 Å². The van der Waals surface area contributed by atoms with Gasteiger partial charge in [-0.05, 0) is 23.3 Å². The molecule has 0 atom stereocenters. The van der Waals surface area contributed by atoms with E-state index in [0.717, 1.165) is 26.9 Å².